The number of thioether (sulfide) groups is 1. The minimum absolute atomic E-state index is 0.111. The van der Waals surface area contributed by atoms with Crippen LogP contribution in [0.25, 0.3) is 0 Å². The Kier molecular flexibility index (Phi) is 5.82. The van der Waals surface area contributed by atoms with Gasteiger partial charge in [0.15, 0.2) is 11.6 Å². The number of aromatic nitrogens is 3. The molecule has 1 aromatic heterocycles. The summed E-state index contributed by atoms with van der Waals surface area (Å²) in [5.41, 5.74) is 1.56. The highest BCUT2D eigenvalue weighted by atomic mass is 32.2. The predicted octanol–water partition coefficient (Wildman–Crippen LogP) is 3.39. The van der Waals surface area contributed by atoms with E-state index >= 15 is 0 Å². The zero-order valence-electron chi connectivity index (χ0n) is 14.8. The van der Waals surface area contributed by atoms with E-state index in [-0.39, 0.29) is 11.4 Å². The number of methoxy groups -OCH3 is 1. The van der Waals surface area contributed by atoms with Crippen molar-refractivity contribution in [1.29, 1.82) is 0 Å². The maximum absolute atomic E-state index is 11.2. The second-order valence-electron chi connectivity index (χ2n) is 5.51. The standard InChI is InChI=1S/C18H17N5O3S/c1-26-16-9-8-14(10-15(16)23(24)25)12-19-22-17(20-21-18(22)27-2)11-13-6-4-3-5-7-13/h3-10,12H,11H2,1-2H3/b19-12-. The van der Waals surface area contributed by atoms with Gasteiger partial charge in [-0.05, 0) is 24.0 Å². The van der Waals surface area contributed by atoms with E-state index in [1.807, 2.05) is 36.6 Å². The van der Waals surface area contributed by atoms with Gasteiger partial charge in [0.2, 0.25) is 5.16 Å². The molecule has 0 amide bonds. The molecule has 0 aliphatic rings. The molecule has 0 aliphatic carbocycles. The first-order chi connectivity index (χ1) is 13.1. The second kappa shape index (κ2) is 8.45. The van der Waals surface area contributed by atoms with Gasteiger partial charge >= 0.3 is 5.69 Å². The van der Waals surface area contributed by atoms with Gasteiger partial charge in [-0.3, -0.25) is 10.1 Å². The molecule has 27 heavy (non-hydrogen) atoms. The van der Waals surface area contributed by atoms with Crippen LogP contribution in [-0.2, 0) is 6.42 Å². The van der Waals surface area contributed by atoms with Crippen molar-refractivity contribution in [2.45, 2.75) is 11.6 Å². The molecule has 0 N–H and O–H groups in total. The number of hydrogen-bond donors (Lipinski definition) is 0. The third-order valence-corrected chi connectivity index (χ3v) is 4.41. The third kappa shape index (κ3) is 4.32. The molecule has 0 atom stereocenters. The van der Waals surface area contributed by atoms with Crippen LogP contribution in [0.1, 0.15) is 17.0 Å². The monoisotopic (exact) mass is 383 g/mol. The zero-order chi connectivity index (χ0) is 19.2. The molecule has 0 radical (unpaired) electrons. The quantitative estimate of drug-likeness (QED) is 0.269. The Bertz CT molecular complexity index is 972. The van der Waals surface area contributed by atoms with Crippen LogP contribution < -0.4 is 4.74 Å². The van der Waals surface area contributed by atoms with E-state index in [1.165, 1.54) is 24.9 Å². The molecule has 0 aliphatic heterocycles. The highest BCUT2D eigenvalue weighted by Gasteiger charge is 2.15. The molecular formula is C18H17N5O3S. The average molecular weight is 383 g/mol. The molecule has 9 heteroatoms. The lowest BCUT2D eigenvalue weighted by Gasteiger charge is -2.04. The fourth-order valence-corrected chi connectivity index (χ4v) is 2.93. The van der Waals surface area contributed by atoms with Gasteiger partial charge in [-0.15, -0.1) is 10.2 Å². The smallest absolute Gasteiger partial charge is 0.311 e. The molecule has 2 aromatic carbocycles. The van der Waals surface area contributed by atoms with Crippen molar-refractivity contribution in [3.8, 4) is 5.75 Å². The minimum atomic E-state index is -0.483. The van der Waals surface area contributed by atoms with Gasteiger partial charge in [0.25, 0.3) is 0 Å². The fourth-order valence-electron chi connectivity index (χ4n) is 2.48. The number of rotatable bonds is 7. The second-order valence-corrected chi connectivity index (χ2v) is 6.28. The van der Waals surface area contributed by atoms with E-state index < -0.39 is 4.92 Å². The van der Waals surface area contributed by atoms with Crippen LogP contribution in [0.15, 0.2) is 58.8 Å². The molecule has 0 unspecified atom stereocenters. The van der Waals surface area contributed by atoms with Crippen molar-refractivity contribution in [1.82, 2.24) is 14.9 Å². The predicted molar refractivity (Wildman–Crippen MR) is 104 cm³/mol. The lowest BCUT2D eigenvalue weighted by molar-refractivity contribution is -0.385. The molecule has 0 saturated heterocycles. The van der Waals surface area contributed by atoms with Crippen molar-refractivity contribution in [2.75, 3.05) is 13.4 Å². The first-order valence-corrected chi connectivity index (χ1v) is 9.24. The molecule has 1 heterocycles. The summed E-state index contributed by atoms with van der Waals surface area (Å²) >= 11 is 1.42. The van der Waals surface area contributed by atoms with Crippen LogP contribution >= 0.6 is 11.8 Å². The number of nitro benzene ring substituents is 1. The van der Waals surface area contributed by atoms with E-state index in [4.69, 9.17) is 4.74 Å². The normalized spacial score (nSPS) is 11.0. The summed E-state index contributed by atoms with van der Waals surface area (Å²) < 4.78 is 6.67. The number of nitrogens with zero attached hydrogens (tertiary/aromatic N) is 5. The minimum Gasteiger partial charge on any atom is -0.490 e. The van der Waals surface area contributed by atoms with Gasteiger partial charge < -0.3 is 4.74 Å². The van der Waals surface area contributed by atoms with E-state index in [1.54, 1.807) is 23.0 Å². The Morgan fingerprint density at radius 3 is 2.70 bits per heavy atom. The number of nitro groups is 1. The Morgan fingerprint density at radius 1 is 1.26 bits per heavy atom. The summed E-state index contributed by atoms with van der Waals surface area (Å²) in [6.07, 6.45) is 4.01. The zero-order valence-corrected chi connectivity index (χ0v) is 15.6. The topological polar surface area (TPSA) is 95.4 Å². The summed E-state index contributed by atoms with van der Waals surface area (Å²) in [5, 5.41) is 24.6. The lowest BCUT2D eigenvalue weighted by atomic mass is 10.1. The summed E-state index contributed by atoms with van der Waals surface area (Å²) in [5.74, 6) is 0.890. The summed E-state index contributed by atoms with van der Waals surface area (Å²) in [6.45, 7) is 0. The highest BCUT2D eigenvalue weighted by Crippen LogP contribution is 2.27. The molecule has 0 fully saturated rings. The van der Waals surface area contributed by atoms with Crippen LogP contribution in [0.3, 0.4) is 0 Å². The van der Waals surface area contributed by atoms with E-state index in [0.29, 0.717) is 23.0 Å². The molecule has 0 bridgehead atoms. The van der Waals surface area contributed by atoms with E-state index in [2.05, 4.69) is 15.3 Å². The Morgan fingerprint density at radius 2 is 2.04 bits per heavy atom. The van der Waals surface area contributed by atoms with Gasteiger partial charge in [-0.25, -0.2) is 0 Å². The van der Waals surface area contributed by atoms with Gasteiger partial charge in [-0.1, -0.05) is 42.1 Å². The first kappa shape index (κ1) is 18.6. The summed E-state index contributed by atoms with van der Waals surface area (Å²) in [4.78, 5) is 10.7. The van der Waals surface area contributed by atoms with Crippen molar-refractivity contribution < 1.29 is 9.66 Å². The summed E-state index contributed by atoms with van der Waals surface area (Å²) in [6, 6.07) is 14.6. The summed E-state index contributed by atoms with van der Waals surface area (Å²) in [7, 11) is 1.40. The molecule has 0 saturated carbocycles. The van der Waals surface area contributed by atoms with Crippen LogP contribution in [0.4, 0.5) is 5.69 Å². The van der Waals surface area contributed by atoms with Crippen LogP contribution in [0.2, 0.25) is 0 Å². The van der Waals surface area contributed by atoms with Crippen LogP contribution in [-0.4, -0.2) is 39.4 Å². The maximum atomic E-state index is 11.2. The van der Waals surface area contributed by atoms with Gasteiger partial charge in [0, 0.05) is 18.1 Å². The van der Waals surface area contributed by atoms with Gasteiger partial charge in [0.1, 0.15) is 0 Å². The first-order valence-electron chi connectivity index (χ1n) is 8.01. The molecule has 138 valence electrons. The fraction of sp³-hybridized carbons (Fsp3) is 0.167. The Balaban J connectivity index is 1.92. The van der Waals surface area contributed by atoms with Crippen molar-refractivity contribution >= 4 is 23.7 Å². The number of hydrogen-bond acceptors (Lipinski definition) is 7. The Labute approximate surface area is 160 Å². The van der Waals surface area contributed by atoms with Crippen molar-refractivity contribution in [3.63, 3.8) is 0 Å². The molecule has 0 spiro atoms. The highest BCUT2D eigenvalue weighted by molar-refractivity contribution is 7.98. The largest absolute Gasteiger partial charge is 0.490 e. The third-order valence-electron chi connectivity index (χ3n) is 3.79. The van der Waals surface area contributed by atoms with Crippen molar-refractivity contribution in [2.24, 2.45) is 5.10 Å². The molecule has 3 rings (SSSR count). The van der Waals surface area contributed by atoms with Gasteiger partial charge in [0.05, 0.1) is 18.2 Å². The van der Waals surface area contributed by atoms with E-state index in [9.17, 15) is 10.1 Å². The SMILES string of the molecule is COc1ccc(/C=N\n2c(Cc3ccccc3)nnc2SC)cc1[N+](=O)[O-]. The van der Waals surface area contributed by atoms with Crippen LogP contribution in [0, 0.1) is 10.1 Å². The Hall–Kier alpha value is -3.20. The lowest BCUT2D eigenvalue weighted by Crippen LogP contribution is -2.01. The van der Waals surface area contributed by atoms with Crippen molar-refractivity contribution in [3.05, 3.63) is 75.6 Å². The van der Waals surface area contributed by atoms with Crippen LogP contribution in [0.5, 0.6) is 5.75 Å². The van der Waals surface area contributed by atoms with E-state index in [0.717, 1.165) is 5.56 Å². The number of ether oxygens (including phenoxy) is 1. The molecular weight excluding hydrogens is 366 g/mol. The maximum Gasteiger partial charge on any atom is 0.311 e. The molecule has 3 aromatic rings. The number of benzene rings is 2. The average Bonchev–Trinajstić information content (AvgIpc) is 3.08. The van der Waals surface area contributed by atoms with Gasteiger partial charge in [-0.2, -0.15) is 9.78 Å². The molecule has 8 nitrogen and oxygen atoms in total.